The first-order valence-corrected chi connectivity index (χ1v) is 7.11. The molecule has 3 nitrogen and oxygen atoms in total. The lowest BCUT2D eigenvalue weighted by Gasteiger charge is -2.40. The number of nitrogens with zero attached hydrogens (tertiary/aromatic N) is 2. The molecule has 0 atom stereocenters. The van der Waals surface area contributed by atoms with Crippen LogP contribution in [0.4, 0.5) is 5.69 Å². The minimum atomic E-state index is -0.0768. The zero-order valence-electron chi connectivity index (χ0n) is 11.9. The Morgan fingerprint density at radius 2 is 1.68 bits per heavy atom. The normalized spacial score (nSPS) is 16.6. The van der Waals surface area contributed by atoms with Gasteiger partial charge in [0.2, 0.25) is 0 Å². The molecule has 0 unspecified atom stereocenters. The van der Waals surface area contributed by atoms with Crippen LogP contribution in [0.1, 0.15) is 20.8 Å². The number of para-hydroxylation sites is 1. The first-order valence-electron chi connectivity index (χ1n) is 6.73. The molecule has 1 aromatic rings. The van der Waals surface area contributed by atoms with Gasteiger partial charge in [-0.05, 0) is 12.1 Å². The zero-order valence-corrected chi connectivity index (χ0v) is 12.7. The lowest BCUT2D eigenvalue weighted by molar-refractivity contribution is 0.343. The number of nitrogens with one attached hydrogen (secondary N) is 1. The molecule has 104 valence electrons. The number of rotatable bonds is 1. The number of hydrogen-bond acceptors (Lipinski definition) is 2. The van der Waals surface area contributed by atoms with Gasteiger partial charge in [-0.15, -0.1) is 0 Å². The number of amidine groups is 1. The third-order valence-corrected chi connectivity index (χ3v) is 3.82. The van der Waals surface area contributed by atoms with Crippen LogP contribution in [0, 0.1) is 10.8 Å². The molecular weight excluding hydrogens is 258 g/mol. The fourth-order valence-corrected chi connectivity index (χ4v) is 2.61. The lowest BCUT2D eigenvalue weighted by atomic mass is 9.93. The molecule has 0 amide bonds. The van der Waals surface area contributed by atoms with E-state index in [-0.39, 0.29) is 5.41 Å². The smallest absolute Gasteiger partial charge is 0.101 e. The van der Waals surface area contributed by atoms with Gasteiger partial charge < -0.3 is 9.80 Å². The number of benzene rings is 1. The highest BCUT2D eigenvalue weighted by Crippen LogP contribution is 2.27. The lowest BCUT2D eigenvalue weighted by Crippen LogP contribution is -2.51. The molecule has 1 aromatic carbocycles. The van der Waals surface area contributed by atoms with Crippen LogP contribution in [-0.4, -0.2) is 36.9 Å². The highest BCUT2D eigenvalue weighted by atomic mass is 35.5. The maximum Gasteiger partial charge on any atom is 0.101 e. The molecule has 2 rings (SSSR count). The molecular formula is C15H22ClN3. The predicted molar refractivity (Wildman–Crippen MR) is 82.4 cm³/mol. The van der Waals surface area contributed by atoms with Crippen LogP contribution in [-0.2, 0) is 0 Å². The Labute approximate surface area is 120 Å². The summed E-state index contributed by atoms with van der Waals surface area (Å²) in [6.07, 6.45) is 0. The highest BCUT2D eigenvalue weighted by Gasteiger charge is 2.26. The number of halogens is 1. The van der Waals surface area contributed by atoms with Gasteiger partial charge >= 0.3 is 0 Å². The molecule has 1 N–H and O–H groups in total. The van der Waals surface area contributed by atoms with Gasteiger partial charge in [-0.25, -0.2) is 0 Å². The molecule has 0 radical (unpaired) electrons. The molecule has 4 heteroatoms. The third-order valence-electron chi connectivity index (χ3n) is 3.50. The van der Waals surface area contributed by atoms with Crippen LogP contribution >= 0.6 is 11.6 Å². The molecule has 0 saturated carbocycles. The second-order valence-electron chi connectivity index (χ2n) is 6.02. The van der Waals surface area contributed by atoms with Crippen LogP contribution in [0.2, 0.25) is 5.02 Å². The molecule has 1 aliphatic rings. The van der Waals surface area contributed by atoms with Gasteiger partial charge in [-0.2, -0.15) is 0 Å². The largest absolute Gasteiger partial charge is 0.367 e. The summed E-state index contributed by atoms with van der Waals surface area (Å²) in [6, 6.07) is 7.97. The van der Waals surface area contributed by atoms with Crippen molar-refractivity contribution in [2.45, 2.75) is 20.8 Å². The predicted octanol–water partition coefficient (Wildman–Crippen LogP) is 3.49. The average molecular weight is 280 g/mol. The van der Waals surface area contributed by atoms with Crippen molar-refractivity contribution >= 4 is 23.1 Å². The van der Waals surface area contributed by atoms with Gasteiger partial charge in [0, 0.05) is 31.6 Å². The van der Waals surface area contributed by atoms with Gasteiger partial charge in [0.25, 0.3) is 0 Å². The van der Waals surface area contributed by atoms with Crippen LogP contribution in [0.5, 0.6) is 0 Å². The van der Waals surface area contributed by atoms with E-state index in [1.54, 1.807) is 0 Å². The Balaban J connectivity index is 2.00. The fraction of sp³-hybridized carbons (Fsp3) is 0.533. The van der Waals surface area contributed by atoms with Gasteiger partial charge in [0.05, 0.1) is 10.7 Å². The van der Waals surface area contributed by atoms with Gasteiger partial charge in [-0.3, -0.25) is 5.41 Å². The Bertz CT molecular complexity index is 457. The number of hydrogen-bond donors (Lipinski definition) is 1. The fourth-order valence-electron chi connectivity index (χ4n) is 2.35. The van der Waals surface area contributed by atoms with Crippen molar-refractivity contribution in [2.24, 2.45) is 5.41 Å². The van der Waals surface area contributed by atoms with Crippen LogP contribution < -0.4 is 4.90 Å². The summed E-state index contributed by atoms with van der Waals surface area (Å²) in [5.41, 5.74) is 1.03. The van der Waals surface area contributed by atoms with Crippen LogP contribution in [0.25, 0.3) is 0 Å². The van der Waals surface area contributed by atoms with Crippen molar-refractivity contribution in [3.05, 3.63) is 29.3 Å². The molecule has 1 heterocycles. The maximum absolute atomic E-state index is 8.23. The quantitative estimate of drug-likeness (QED) is 0.630. The van der Waals surface area contributed by atoms with E-state index in [1.165, 1.54) is 0 Å². The van der Waals surface area contributed by atoms with Crippen molar-refractivity contribution in [3.63, 3.8) is 0 Å². The van der Waals surface area contributed by atoms with Crippen molar-refractivity contribution in [3.8, 4) is 0 Å². The van der Waals surface area contributed by atoms with E-state index in [0.717, 1.165) is 42.7 Å². The summed E-state index contributed by atoms with van der Waals surface area (Å²) in [6.45, 7) is 9.90. The monoisotopic (exact) mass is 279 g/mol. The maximum atomic E-state index is 8.23. The summed E-state index contributed by atoms with van der Waals surface area (Å²) in [5, 5.41) is 9.04. The van der Waals surface area contributed by atoms with Crippen molar-refractivity contribution < 1.29 is 0 Å². The average Bonchev–Trinajstić information content (AvgIpc) is 2.38. The second-order valence-corrected chi connectivity index (χ2v) is 6.43. The number of anilines is 1. The molecule has 0 spiro atoms. The molecule has 1 fully saturated rings. The standard InChI is InChI=1S/C15H22ClN3/c1-15(2,3)14(17)19-10-8-18(9-11-19)13-7-5-4-6-12(13)16/h4-7,17H,8-11H2,1-3H3. The first kappa shape index (κ1) is 14.2. The van der Waals surface area contributed by atoms with Gasteiger partial charge in [-0.1, -0.05) is 44.5 Å². The second kappa shape index (κ2) is 5.41. The van der Waals surface area contributed by atoms with E-state index < -0.39 is 0 Å². The zero-order chi connectivity index (χ0) is 14.0. The summed E-state index contributed by atoms with van der Waals surface area (Å²) in [7, 11) is 0. The number of piperazine rings is 1. The summed E-state index contributed by atoms with van der Waals surface area (Å²) >= 11 is 6.23. The van der Waals surface area contributed by atoms with E-state index in [4.69, 9.17) is 17.0 Å². The SMILES string of the molecule is CC(C)(C)C(=N)N1CCN(c2ccccc2Cl)CC1. The van der Waals surface area contributed by atoms with E-state index in [0.29, 0.717) is 0 Å². The van der Waals surface area contributed by atoms with Crippen molar-refractivity contribution in [1.82, 2.24) is 4.90 Å². The topological polar surface area (TPSA) is 30.3 Å². The summed E-state index contributed by atoms with van der Waals surface area (Å²) in [5.74, 6) is 0.728. The molecule has 0 bridgehead atoms. The minimum Gasteiger partial charge on any atom is -0.367 e. The minimum absolute atomic E-state index is 0.0768. The molecule has 0 aromatic heterocycles. The summed E-state index contributed by atoms with van der Waals surface area (Å²) < 4.78 is 0. The Morgan fingerprint density at radius 3 is 2.21 bits per heavy atom. The van der Waals surface area contributed by atoms with Gasteiger partial charge in [0.15, 0.2) is 0 Å². The molecule has 0 aliphatic carbocycles. The van der Waals surface area contributed by atoms with Crippen LogP contribution in [0.3, 0.4) is 0 Å². The Hall–Kier alpha value is -1.22. The molecule has 19 heavy (non-hydrogen) atoms. The van der Waals surface area contributed by atoms with E-state index in [9.17, 15) is 0 Å². The third kappa shape index (κ3) is 3.21. The van der Waals surface area contributed by atoms with E-state index in [2.05, 4.69) is 36.6 Å². The Morgan fingerprint density at radius 1 is 1.11 bits per heavy atom. The first-order chi connectivity index (χ1) is 8.89. The van der Waals surface area contributed by atoms with Crippen LogP contribution in [0.15, 0.2) is 24.3 Å². The summed E-state index contributed by atoms with van der Waals surface area (Å²) in [4.78, 5) is 4.47. The van der Waals surface area contributed by atoms with Crippen molar-refractivity contribution in [2.75, 3.05) is 31.1 Å². The van der Waals surface area contributed by atoms with Crippen molar-refractivity contribution in [1.29, 1.82) is 5.41 Å². The Kier molecular flexibility index (Phi) is 4.04. The highest BCUT2D eigenvalue weighted by molar-refractivity contribution is 6.33. The van der Waals surface area contributed by atoms with Gasteiger partial charge in [0.1, 0.15) is 5.84 Å². The molecule has 1 saturated heterocycles. The van der Waals surface area contributed by atoms with E-state index in [1.807, 2.05) is 18.2 Å². The van der Waals surface area contributed by atoms with E-state index >= 15 is 0 Å². The molecule has 1 aliphatic heterocycles.